The lowest BCUT2D eigenvalue weighted by Gasteiger charge is -2.31. The maximum Gasteiger partial charge on any atom is 0.391 e. The number of halogens is 6. The molecule has 9 heteroatoms. The molecule has 1 aliphatic carbocycles. The Balaban J connectivity index is 0.00000338. The van der Waals surface area contributed by atoms with Gasteiger partial charge < -0.3 is 10.6 Å². The van der Waals surface area contributed by atoms with Crippen molar-refractivity contribution >= 4 is 29.9 Å². The lowest BCUT2D eigenvalue weighted by Crippen LogP contribution is -2.46. The molecule has 2 rings (SSSR count). The van der Waals surface area contributed by atoms with Gasteiger partial charge in [-0.25, -0.2) is 8.78 Å². The minimum Gasteiger partial charge on any atom is -0.356 e. The number of rotatable bonds is 4. The third-order valence-corrected chi connectivity index (χ3v) is 4.45. The van der Waals surface area contributed by atoms with Crippen LogP contribution in [0.4, 0.5) is 22.0 Å². The smallest absolute Gasteiger partial charge is 0.356 e. The summed E-state index contributed by atoms with van der Waals surface area (Å²) in [7, 11) is 1.56. The molecule has 0 saturated heterocycles. The van der Waals surface area contributed by atoms with Crippen molar-refractivity contribution in [2.75, 3.05) is 13.6 Å². The zero-order valence-corrected chi connectivity index (χ0v) is 16.7. The lowest BCUT2D eigenvalue weighted by atomic mass is 9.85. The van der Waals surface area contributed by atoms with E-state index in [0.717, 1.165) is 18.2 Å². The summed E-state index contributed by atoms with van der Waals surface area (Å²) in [6.07, 6.45) is -2.81. The second-order valence-electron chi connectivity index (χ2n) is 6.22. The molecular formula is C17H23F5IN3. The van der Waals surface area contributed by atoms with Crippen molar-refractivity contribution in [2.24, 2.45) is 10.9 Å². The highest BCUT2D eigenvalue weighted by molar-refractivity contribution is 14.0. The fraction of sp³-hybridized carbons (Fsp3) is 0.588. The van der Waals surface area contributed by atoms with Gasteiger partial charge in [0.25, 0.3) is 0 Å². The number of aliphatic imine (C=N–C) groups is 1. The molecule has 3 nitrogen and oxygen atoms in total. The number of benzene rings is 1. The van der Waals surface area contributed by atoms with Crippen molar-refractivity contribution < 1.29 is 22.0 Å². The van der Waals surface area contributed by atoms with Gasteiger partial charge in [-0.2, -0.15) is 13.2 Å². The summed E-state index contributed by atoms with van der Waals surface area (Å²) in [5.74, 6) is -1.75. The fourth-order valence-electron chi connectivity index (χ4n) is 3.00. The summed E-state index contributed by atoms with van der Waals surface area (Å²) in [5.41, 5.74) is 0.258. The van der Waals surface area contributed by atoms with Gasteiger partial charge in [-0.1, -0.05) is 0 Å². The first-order valence-corrected chi connectivity index (χ1v) is 8.27. The van der Waals surface area contributed by atoms with E-state index in [1.165, 1.54) is 0 Å². The summed E-state index contributed by atoms with van der Waals surface area (Å²) in [6, 6.07) is 3.21. The first-order valence-electron chi connectivity index (χ1n) is 8.27. The third kappa shape index (κ3) is 6.88. The predicted molar refractivity (Wildman–Crippen MR) is 102 cm³/mol. The topological polar surface area (TPSA) is 36.4 Å². The Morgan fingerprint density at radius 2 is 1.81 bits per heavy atom. The molecule has 1 aliphatic rings. The largest absolute Gasteiger partial charge is 0.391 e. The molecule has 26 heavy (non-hydrogen) atoms. The molecule has 0 aromatic heterocycles. The molecule has 1 aromatic carbocycles. The van der Waals surface area contributed by atoms with Crippen LogP contribution >= 0.6 is 24.0 Å². The van der Waals surface area contributed by atoms with Crippen LogP contribution in [0.1, 0.15) is 31.2 Å². The minimum atomic E-state index is -4.13. The molecule has 0 spiro atoms. The summed E-state index contributed by atoms with van der Waals surface area (Å²) in [5, 5.41) is 6.07. The van der Waals surface area contributed by atoms with Crippen molar-refractivity contribution in [3.8, 4) is 0 Å². The maximum atomic E-state index is 13.5. The van der Waals surface area contributed by atoms with Gasteiger partial charge in [0, 0.05) is 19.6 Å². The predicted octanol–water partition coefficient (Wildman–Crippen LogP) is 4.41. The molecule has 1 saturated carbocycles. The van der Waals surface area contributed by atoms with Gasteiger partial charge in [-0.15, -0.1) is 24.0 Å². The number of hydrogen-bond donors (Lipinski definition) is 2. The molecule has 0 atom stereocenters. The number of alkyl halides is 3. The Labute approximate surface area is 166 Å². The average Bonchev–Trinajstić information content (AvgIpc) is 2.56. The van der Waals surface area contributed by atoms with E-state index in [0.29, 0.717) is 25.3 Å². The highest BCUT2D eigenvalue weighted by Gasteiger charge is 2.41. The summed E-state index contributed by atoms with van der Waals surface area (Å²) < 4.78 is 64.7. The fourth-order valence-corrected chi connectivity index (χ4v) is 3.00. The van der Waals surface area contributed by atoms with Gasteiger partial charge in [0.2, 0.25) is 0 Å². The molecule has 0 unspecified atom stereocenters. The molecule has 0 bridgehead atoms. The Bertz CT molecular complexity index is 599. The van der Waals surface area contributed by atoms with Crippen LogP contribution < -0.4 is 10.6 Å². The van der Waals surface area contributed by atoms with Crippen LogP contribution in [0.2, 0.25) is 0 Å². The Morgan fingerprint density at radius 3 is 2.38 bits per heavy atom. The molecule has 0 amide bonds. The molecule has 1 aromatic rings. The van der Waals surface area contributed by atoms with E-state index in [2.05, 4.69) is 15.6 Å². The van der Waals surface area contributed by atoms with Crippen LogP contribution in [0.5, 0.6) is 0 Å². The van der Waals surface area contributed by atoms with E-state index in [-0.39, 0.29) is 54.8 Å². The van der Waals surface area contributed by atoms with Crippen LogP contribution in [-0.4, -0.2) is 31.8 Å². The summed E-state index contributed by atoms with van der Waals surface area (Å²) >= 11 is 0. The van der Waals surface area contributed by atoms with Crippen molar-refractivity contribution in [2.45, 2.75) is 44.3 Å². The Morgan fingerprint density at radius 1 is 1.15 bits per heavy atom. The van der Waals surface area contributed by atoms with Crippen molar-refractivity contribution in [1.82, 2.24) is 10.6 Å². The van der Waals surface area contributed by atoms with Gasteiger partial charge >= 0.3 is 6.18 Å². The van der Waals surface area contributed by atoms with Crippen LogP contribution in [0, 0.1) is 17.6 Å². The van der Waals surface area contributed by atoms with E-state index in [1.807, 2.05) is 0 Å². The monoisotopic (exact) mass is 491 g/mol. The van der Waals surface area contributed by atoms with E-state index < -0.39 is 23.7 Å². The minimum absolute atomic E-state index is 0. The van der Waals surface area contributed by atoms with Crippen LogP contribution in [0.25, 0.3) is 0 Å². The summed E-state index contributed by atoms with van der Waals surface area (Å²) in [6.45, 7) is 0.331. The van der Waals surface area contributed by atoms with E-state index in [9.17, 15) is 22.0 Å². The van der Waals surface area contributed by atoms with Gasteiger partial charge in [-0.3, -0.25) is 4.99 Å². The molecule has 0 heterocycles. The number of hydrogen-bond acceptors (Lipinski definition) is 1. The average molecular weight is 491 g/mol. The molecule has 2 N–H and O–H groups in total. The van der Waals surface area contributed by atoms with Crippen LogP contribution in [0.15, 0.2) is 23.2 Å². The van der Waals surface area contributed by atoms with E-state index >= 15 is 0 Å². The van der Waals surface area contributed by atoms with Crippen molar-refractivity contribution in [3.05, 3.63) is 35.4 Å². The lowest BCUT2D eigenvalue weighted by molar-refractivity contribution is -0.182. The van der Waals surface area contributed by atoms with Crippen LogP contribution in [0.3, 0.4) is 0 Å². The second-order valence-corrected chi connectivity index (χ2v) is 6.22. The van der Waals surface area contributed by atoms with Gasteiger partial charge in [0.15, 0.2) is 5.96 Å². The summed E-state index contributed by atoms with van der Waals surface area (Å²) in [4.78, 5) is 4.03. The molecule has 0 radical (unpaired) electrons. The van der Waals surface area contributed by atoms with Crippen molar-refractivity contribution in [3.63, 3.8) is 0 Å². The SMILES string of the molecule is CN=C(NCCc1cc(F)ccc1F)NC1CCC(C(F)(F)F)CC1.I. The van der Waals surface area contributed by atoms with E-state index in [4.69, 9.17) is 0 Å². The molecule has 0 aliphatic heterocycles. The van der Waals surface area contributed by atoms with Gasteiger partial charge in [0.05, 0.1) is 5.92 Å². The maximum absolute atomic E-state index is 13.5. The number of nitrogens with zero attached hydrogens (tertiary/aromatic N) is 1. The second kappa shape index (κ2) is 10.3. The zero-order chi connectivity index (χ0) is 18.4. The van der Waals surface area contributed by atoms with Crippen LogP contribution in [-0.2, 0) is 6.42 Å². The molecule has 148 valence electrons. The highest BCUT2D eigenvalue weighted by Crippen LogP contribution is 2.37. The zero-order valence-electron chi connectivity index (χ0n) is 14.4. The van der Waals surface area contributed by atoms with Gasteiger partial charge in [0.1, 0.15) is 11.6 Å². The standard InChI is InChI=1S/C17H22F5N3.HI/c1-23-16(24-9-8-11-10-13(18)4-7-15(11)19)25-14-5-2-12(3-6-14)17(20,21)22;/h4,7,10,12,14H,2-3,5-6,8-9H2,1H3,(H2,23,24,25);1H. The first kappa shape index (κ1) is 22.9. The quantitative estimate of drug-likeness (QED) is 0.284. The molecular weight excluding hydrogens is 468 g/mol. The number of nitrogens with one attached hydrogen (secondary N) is 2. The van der Waals surface area contributed by atoms with Crippen molar-refractivity contribution in [1.29, 1.82) is 0 Å². The molecule has 1 fully saturated rings. The third-order valence-electron chi connectivity index (χ3n) is 4.45. The Hall–Kier alpha value is -1.13. The Kier molecular flexibility index (Phi) is 9.05. The highest BCUT2D eigenvalue weighted by atomic mass is 127. The number of guanidine groups is 1. The first-order chi connectivity index (χ1) is 11.8. The van der Waals surface area contributed by atoms with Gasteiger partial charge in [-0.05, 0) is 55.9 Å². The van der Waals surface area contributed by atoms with E-state index in [1.54, 1.807) is 7.05 Å². The normalized spacial score (nSPS) is 21.1.